The number of hydrogen-bond donors (Lipinski definition) is 7. The van der Waals surface area contributed by atoms with E-state index in [1.165, 1.54) is 70.3 Å². The minimum atomic E-state index is -5.12. The number of unbranched alkanes of at least 4 members (excludes halogenated alkanes) is 15. The van der Waals surface area contributed by atoms with Crippen LogP contribution in [0.5, 0.6) is 0 Å². The van der Waals surface area contributed by atoms with Crippen LogP contribution in [0.2, 0.25) is 0 Å². The molecule has 53 heavy (non-hydrogen) atoms. The van der Waals surface area contributed by atoms with Gasteiger partial charge in [0.15, 0.2) is 6.29 Å². The summed E-state index contributed by atoms with van der Waals surface area (Å²) in [5.74, 6) is -0.720. The first-order chi connectivity index (χ1) is 25.4. The maximum atomic E-state index is 13.0. The summed E-state index contributed by atoms with van der Waals surface area (Å²) in [7, 11) is -5.12. The van der Waals surface area contributed by atoms with Crippen LogP contribution >= 0.6 is 0 Å². The van der Waals surface area contributed by atoms with Crippen LogP contribution in [-0.2, 0) is 28.9 Å². The third-order valence-electron chi connectivity index (χ3n) is 9.26. The summed E-state index contributed by atoms with van der Waals surface area (Å²) in [6, 6.07) is -1.14. The summed E-state index contributed by atoms with van der Waals surface area (Å²) < 4.78 is 47.2. The molecule has 1 rings (SSSR count). The highest BCUT2D eigenvalue weighted by Gasteiger charge is 2.48. The molecule has 8 atom stereocenters. The van der Waals surface area contributed by atoms with Gasteiger partial charge in [-0.25, -0.2) is 4.18 Å². The van der Waals surface area contributed by atoms with Crippen molar-refractivity contribution in [3.05, 3.63) is 36.5 Å². The molecule has 1 amide bonds. The lowest BCUT2D eigenvalue weighted by molar-refractivity contribution is -0.298. The zero-order valence-electron chi connectivity index (χ0n) is 32.2. The SMILES string of the molecule is CCCC/C=C/CC/C=C/CC/C=C/C(O)C(COC1OC(CO)C(O)C(OS(=O)(=O)O)C1O)NC(=O)C(O)CCCCCCCCCCCCCC. The third-order valence-corrected chi connectivity index (χ3v) is 9.72. The highest BCUT2D eigenvalue weighted by molar-refractivity contribution is 7.80. The third kappa shape index (κ3) is 23.7. The normalized spacial score (nSPS) is 22.9. The number of aliphatic hydroxyl groups is 5. The van der Waals surface area contributed by atoms with Crippen LogP contribution in [-0.4, -0.2) is 107 Å². The molecule has 310 valence electrons. The zero-order valence-corrected chi connectivity index (χ0v) is 33.0. The van der Waals surface area contributed by atoms with Gasteiger partial charge in [-0.15, -0.1) is 0 Å². The molecular formula is C39H71NO12S. The Bertz CT molecular complexity index is 1120. The lowest BCUT2D eigenvalue weighted by atomic mass is 9.99. The molecule has 0 aromatic rings. The van der Waals surface area contributed by atoms with Gasteiger partial charge in [-0.3, -0.25) is 9.35 Å². The number of aliphatic hydroxyl groups excluding tert-OH is 5. The maximum absolute atomic E-state index is 13.0. The monoisotopic (exact) mass is 777 g/mol. The van der Waals surface area contributed by atoms with E-state index in [2.05, 4.69) is 47.7 Å². The van der Waals surface area contributed by atoms with Crippen molar-refractivity contribution >= 4 is 16.3 Å². The van der Waals surface area contributed by atoms with Gasteiger partial charge in [0.25, 0.3) is 0 Å². The number of allylic oxidation sites excluding steroid dienone is 5. The van der Waals surface area contributed by atoms with E-state index in [9.17, 15) is 38.7 Å². The second-order valence-corrected chi connectivity index (χ2v) is 15.0. The van der Waals surface area contributed by atoms with Crippen LogP contribution in [0.15, 0.2) is 36.5 Å². The molecule has 0 aromatic carbocycles. The maximum Gasteiger partial charge on any atom is 0.397 e. The van der Waals surface area contributed by atoms with Crippen molar-refractivity contribution < 1.29 is 57.0 Å². The Morgan fingerprint density at radius 3 is 1.79 bits per heavy atom. The topological polar surface area (TPSA) is 212 Å². The molecule has 0 aliphatic carbocycles. The summed E-state index contributed by atoms with van der Waals surface area (Å²) in [5, 5.41) is 54.8. The zero-order chi connectivity index (χ0) is 39.3. The Labute approximate surface area is 318 Å². The van der Waals surface area contributed by atoms with Crippen LogP contribution in [0.3, 0.4) is 0 Å². The fraction of sp³-hybridized carbons (Fsp3) is 0.821. The molecule has 1 heterocycles. The van der Waals surface area contributed by atoms with Crippen molar-refractivity contribution in [2.75, 3.05) is 13.2 Å². The van der Waals surface area contributed by atoms with Crippen molar-refractivity contribution in [3.8, 4) is 0 Å². The summed E-state index contributed by atoms with van der Waals surface area (Å²) >= 11 is 0. The standard InChI is InChI=1S/C39H71NO12S/c1-3-5-7-9-11-13-15-17-19-21-23-25-27-32(42)31(30-50-39-36(45)37(52-53(47,48)49)35(44)34(29-41)51-39)40-38(46)33(43)28-26-24-22-20-18-16-14-12-10-8-6-4-2/h9,11,17,19,25,27,31-37,39,41-45H,3-8,10,12-16,18,20-24,26,28-30H2,1-2H3,(H,40,46)(H,47,48,49)/b11-9+,19-17+,27-25+. The molecular weight excluding hydrogens is 706 g/mol. The summed E-state index contributed by atoms with van der Waals surface area (Å²) in [5.41, 5.74) is 0. The van der Waals surface area contributed by atoms with Crippen molar-refractivity contribution in [2.45, 2.75) is 191 Å². The first-order valence-corrected chi connectivity index (χ1v) is 21.3. The lowest BCUT2D eigenvalue weighted by Gasteiger charge is -2.41. The van der Waals surface area contributed by atoms with E-state index in [4.69, 9.17) is 14.0 Å². The second-order valence-electron chi connectivity index (χ2n) is 14.0. The van der Waals surface area contributed by atoms with Gasteiger partial charge >= 0.3 is 10.4 Å². The number of amides is 1. The molecule has 1 aliphatic heterocycles. The highest BCUT2D eigenvalue weighted by Crippen LogP contribution is 2.26. The molecule has 0 saturated carbocycles. The van der Waals surface area contributed by atoms with Gasteiger partial charge in [0.2, 0.25) is 5.91 Å². The fourth-order valence-corrected chi connectivity index (χ4v) is 6.51. The molecule has 1 aliphatic rings. The van der Waals surface area contributed by atoms with Crippen molar-refractivity contribution in [1.82, 2.24) is 5.32 Å². The number of hydrogen-bond acceptors (Lipinski definition) is 11. The summed E-state index contributed by atoms with van der Waals surface area (Å²) in [6.45, 7) is 3.10. The predicted octanol–water partition coefficient (Wildman–Crippen LogP) is 5.35. The minimum absolute atomic E-state index is 0.235. The van der Waals surface area contributed by atoms with Gasteiger partial charge in [-0.05, 0) is 38.5 Å². The van der Waals surface area contributed by atoms with E-state index in [0.717, 1.165) is 44.9 Å². The summed E-state index contributed by atoms with van der Waals surface area (Å²) in [4.78, 5) is 13.0. The van der Waals surface area contributed by atoms with E-state index >= 15 is 0 Å². The number of ether oxygens (including phenoxy) is 2. The van der Waals surface area contributed by atoms with E-state index in [0.29, 0.717) is 12.8 Å². The minimum Gasteiger partial charge on any atom is -0.394 e. The molecule has 1 fully saturated rings. The van der Waals surface area contributed by atoms with Crippen LogP contribution < -0.4 is 5.32 Å². The van der Waals surface area contributed by atoms with Gasteiger partial charge in [-0.1, -0.05) is 140 Å². The van der Waals surface area contributed by atoms with Crippen LogP contribution in [0.25, 0.3) is 0 Å². The molecule has 0 aromatic heterocycles. The molecule has 14 heteroatoms. The Hall–Kier alpha value is -1.72. The van der Waals surface area contributed by atoms with E-state index in [-0.39, 0.29) is 6.42 Å². The van der Waals surface area contributed by atoms with Crippen LogP contribution in [0.1, 0.15) is 142 Å². The lowest BCUT2D eigenvalue weighted by Crippen LogP contribution is -2.61. The van der Waals surface area contributed by atoms with Crippen molar-refractivity contribution in [1.29, 1.82) is 0 Å². The number of carbonyl (C=O) groups excluding carboxylic acids is 1. The summed E-state index contributed by atoms with van der Waals surface area (Å²) in [6.07, 6.45) is 21.1. The van der Waals surface area contributed by atoms with E-state index in [1.54, 1.807) is 6.08 Å². The molecule has 7 N–H and O–H groups in total. The van der Waals surface area contributed by atoms with Crippen LogP contribution in [0, 0.1) is 0 Å². The molecule has 0 spiro atoms. The largest absolute Gasteiger partial charge is 0.397 e. The van der Waals surface area contributed by atoms with Gasteiger partial charge in [0, 0.05) is 0 Å². The highest BCUT2D eigenvalue weighted by atomic mass is 32.3. The first kappa shape index (κ1) is 49.3. The van der Waals surface area contributed by atoms with E-state index in [1.807, 2.05) is 0 Å². The molecule has 1 saturated heterocycles. The van der Waals surface area contributed by atoms with Crippen LogP contribution in [0.4, 0.5) is 0 Å². The predicted molar refractivity (Wildman–Crippen MR) is 205 cm³/mol. The average molecular weight is 778 g/mol. The Kier molecular flexibility index (Phi) is 28.4. The Balaban J connectivity index is 2.73. The Morgan fingerprint density at radius 1 is 0.755 bits per heavy atom. The number of rotatable bonds is 32. The van der Waals surface area contributed by atoms with Gasteiger partial charge in [-0.2, -0.15) is 8.42 Å². The molecule has 0 radical (unpaired) electrons. The van der Waals surface area contributed by atoms with Crippen molar-refractivity contribution in [3.63, 3.8) is 0 Å². The first-order valence-electron chi connectivity index (χ1n) is 20.0. The van der Waals surface area contributed by atoms with Gasteiger partial charge in [0.1, 0.15) is 30.5 Å². The van der Waals surface area contributed by atoms with E-state index < -0.39 is 78.5 Å². The molecule has 0 bridgehead atoms. The average Bonchev–Trinajstić information content (AvgIpc) is 3.12. The molecule has 8 unspecified atom stereocenters. The molecule has 13 nitrogen and oxygen atoms in total. The number of carbonyl (C=O) groups is 1. The number of nitrogens with one attached hydrogen (secondary N) is 1. The van der Waals surface area contributed by atoms with Gasteiger partial charge in [0.05, 0.1) is 25.4 Å². The fourth-order valence-electron chi connectivity index (χ4n) is 6.01. The van der Waals surface area contributed by atoms with Crippen molar-refractivity contribution in [2.24, 2.45) is 0 Å². The quantitative estimate of drug-likeness (QED) is 0.0262. The smallest absolute Gasteiger partial charge is 0.394 e. The van der Waals surface area contributed by atoms with Gasteiger partial charge < -0.3 is 40.3 Å². The Morgan fingerprint density at radius 2 is 1.26 bits per heavy atom. The second kappa shape index (κ2) is 30.5.